The van der Waals surface area contributed by atoms with E-state index in [1.165, 1.54) is 16.7 Å². The normalized spacial score (nSPS) is 11.4. The van der Waals surface area contributed by atoms with Crippen LogP contribution in [0.1, 0.15) is 0 Å². The van der Waals surface area contributed by atoms with Crippen molar-refractivity contribution in [3.63, 3.8) is 0 Å². The smallest absolute Gasteiger partial charge is 0.227 e. The molecule has 0 saturated heterocycles. The molecule has 0 aliphatic rings. The topological polar surface area (TPSA) is 42.4 Å². The zero-order valence-electron chi connectivity index (χ0n) is 25.4. The van der Waals surface area contributed by atoms with E-state index in [0.29, 0.717) is 11.5 Å². The van der Waals surface area contributed by atoms with Crippen LogP contribution in [0.3, 0.4) is 0 Å². The minimum absolute atomic E-state index is 0.604. The van der Waals surface area contributed by atoms with Crippen molar-refractivity contribution in [3.8, 4) is 33.7 Å². The van der Waals surface area contributed by atoms with E-state index in [2.05, 4.69) is 126 Å². The Morgan fingerprint density at radius 3 is 1.68 bits per heavy atom. The van der Waals surface area contributed by atoms with Gasteiger partial charge in [-0.15, -0.1) is 0 Å². The maximum Gasteiger partial charge on any atom is 0.227 e. The Hall–Kier alpha value is -6.39. The first kappa shape index (κ1) is 27.0. The molecule has 0 bridgehead atoms. The summed E-state index contributed by atoms with van der Waals surface area (Å²) in [6, 6.07) is 58.8. The zero-order valence-corrected chi connectivity index (χ0v) is 25.4. The molecule has 0 fully saturated rings. The van der Waals surface area contributed by atoms with Gasteiger partial charge in [-0.05, 0) is 76.9 Å². The van der Waals surface area contributed by atoms with Gasteiger partial charge in [0.15, 0.2) is 5.58 Å². The average molecular weight is 605 g/mol. The van der Waals surface area contributed by atoms with Gasteiger partial charge in [0, 0.05) is 45.5 Å². The number of para-hydroxylation sites is 1. The van der Waals surface area contributed by atoms with Gasteiger partial charge in [-0.3, -0.25) is 0 Å². The summed E-state index contributed by atoms with van der Waals surface area (Å²) in [7, 11) is 0. The van der Waals surface area contributed by atoms with Crippen molar-refractivity contribution in [1.29, 1.82) is 0 Å². The maximum absolute atomic E-state index is 6.46. The third-order valence-corrected chi connectivity index (χ3v) is 8.69. The van der Waals surface area contributed by atoms with Gasteiger partial charge < -0.3 is 13.7 Å². The Kier molecular flexibility index (Phi) is 6.43. The third kappa shape index (κ3) is 4.93. The lowest BCUT2D eigenvalue weighted by Gasteiger charge is -2.26. The first-order chi connectivity index (χ1) is 23.3. The van der Waals surface area contributed by atoms with Gasteiger partial charge in [-0.2, -0.15) is 0 Å². The van der Waals surface area contributed by atoms with Crippen molar-refractivity contribution in [2.24, 2.45) is 0 Å². The molecule has 7 aromatic carbocycles. The number of hydrogen-bond acceptors (Lipinski definition) is 4. The predicted molar refractivity (Wildman–Crippen MR) is 192 cm³/mol. The summed E-state index contributed by atoms with van der Waals surface area (Å²) in [5, 5.41) is 2.05. The molecule has 2 aromatic heterocycles. The first-order valence-electron chi connectivity index (χ1n) is 15.7. The molecule has 4 heteroatoms. The van der Waals surface area contributed by atoms with E-state index in [-0.39, 0.29) is 0 Å². The van der Waals surface area contributed by atoms with Crippen molar-refractivity contribution >= 4 is 50.1 Å². The largest absolute Gasteiger partial charge is 0.456 e. The molecule has 0 aliphatic heterocycles. The summed E-state index contributed by atoms with van der Waals surface area (Å²) in [5.74, 6) is 0.604. The van der Waals surface area contributed by atoms with Gasteiger partial charge in [-0.1, -0.05) is 103 Å². The molecule has 47 heavy (non-hydrogen) atoms. The van der Waals surface area contributed by atoms with Crippen LogP contribution in [0.25, 0.3) is 66.7 Å². The van der Waals surface area contributed by atoms with E-state index in [4.69, 9.17) is 13.8 Å². The highest BCUT2D eigenvalue weighted by atomic mass is 16.4. The Balaban J connectivity index is 1.11. The molecular weight excluding hydrogens is 576 g/mol. The van der Waals surface area contributed by atoms with Gasteiger partial charge in [0.05, 0.1) is 0 Å². The lowest BCUT2D eigenvalue weighted by molar-refractivity contribution is 0.617. The Morgan fingerprint density at radius 2 is 0.936 bits per heavy atom. The number of fused-ring (bicyclic) bond motifs is 4. The maximum atomic E-state index is 6.46. The van der Waals surface area contributed by atoms with Crippen LogP contribution >= 0.6 is 0 Å². The van der Waals surface area contributed by atoms with Crippen LogP contribution in [0.2, 0.25) is 0 Å². The van der Waals surface area contributed by atoms with Gasteiger partial charge in [0.2, 0.25) is 5.89 Å². The number of furan rings is 1. The molecule has 0 spiro atoms. The number of rotatable bonds is 6. The van der Waals surface area contributed by atoms with Crippen molar-refractivity contribution in [3.05, 3.63) is 170 Å². The minimum atomic E-state index is 0.604. The van der Waals surface area contributed by atoms with Gasteiger partial charge in [0.25, 0.3) is 0 Å². The number of benzene rings is 7. The SMILES string of the molecule is c1ccc(-c2ccc(-c3cccc(N(c4ccccc4)c4ccc5c(c4)oc4cc6oc(-c7ccccc7)nc6cc45)c3)cc2)cc1. The highest BCUT2D eigenvalue weighted by molar-refractivity contribution is 6.09. The molecule has 0 saturated carbocycles. The molecule has 9 aromatic rings. The summed E-state index contributed by atoms with van der Waals surface area (Å²) >= 11 is 0. The second-order valence-corrected chi connectivity index (χ2v) is 11.6. The van der Waals surface area contributed by atoms with Crippen LogP contribution in [0.4, 0.5) is 17.1 Å². The van der Waals surface area contributed by atoms with E-state index in [1.807, 2.05) is 48.5 Å². The quantitative estimate of drug-likeness (QED) is 0.189. The Bertz CT molecular complexity index is 2500. The number of aromatic nitrogens is 1. The third-order valence-electron chi connectivity index (χ3n) is 8.69. The van der Waals surface area contributed by atoms with Crippen LogP contribution in [0.15, 0.2) is 179 Å². The summed E-state index contributed by atoms with van der Waals surface area (Å²) in [6.07, 6.45) is 0. The van der Waals surface area contributed by atoms with Gasteiger partial charge in [-0.25, -0.2) is 4.98 Å². The van der Waals surface area contributed by atoms with E-state index in [0.717, 1.165) is 55.6 Å². The summed E-state index contributed by atoms with van der Waals surface area (Å²) < 4.78 is 12.6. The van der Waals surface area contributed by atoms with Crippen molar-refractivity contribution in [2.75, 3.05) is 4.90 Å². The van der Waals surface area contributed by atoms with E-state index in [1.54, 1.807) is 0 Å². The molecule has 222 valence electrons. The van der Waals surface area contributed by atoms with Gasteiger partial charge in [0.1, 0.15) is 16.7 Å². The Morgan fingerprint density at radius 1 is 0.362 bits per heavy atom. The van der Waals surface area contributed by atoms with Crippen LogP contribution in [-0.2, 0) is 0 Å². The van der Waals surface area contributed by atoms with Crippen LogP contribution < -0.4 is 4.90 Å². The van der Waals surface area contributed by atoms with Gasteiger partial charge >= 0.3 is 0 Å². The van der Waals surface area contributed by atoms with Crippen molar-refractivity contribution < 1.29 is 8.83 Å². The molecule has 4 nitrogen and oxygen atoms in total. The monoisotopic (exact) mass is 604 g/mol. The molecule has 0 N–H and O–H groups in total. The van der Waals surface area contributed by atoms with Crippen molar-refractivity contribution in [2.45, 2.75) is 0 Å². The standard InChI is InChI=1S/C43H28N2O2/c1-4-11-29(12-5-1)30-19-21-31(22-20-30)33-15-10-18-35(25-33)45(34-16-8-3-9-17-34)36-23-24-37-38-27-39-42(28-41(38)46-40(37)26-36)47-43(44-39)32-13-6-2-7-14-32/h1-28H. The summed E-state index contributed by atoms with van der Waals surface area (Å²) in [4.78, 5) is 7.05. The molecule has 0 atom stereocenters. The number of nitrogens with zero attached hydrogens (tertiary/aromatic N) is 2. The molecule has 0 aliphatic carbocycles. The minimum Gasteiger partial charge on any atom is -0.456 e. The van der Waals surface area contributed by atoms with E-state index >= 15 is 0 Å². The fraction of sp³-hybridized carbons (Fsp3) is 0. The average Bonchev–Trinajstić information content (AvgIpc) is 3.72. The first-order valence-corrected chi connectivity index (χ1v) is 15.7. The fourth-order valence-electron chi connectivity index (χ4n) is 6.36. The highest BCUT2D eigenvalue weighted by Gasteiger charge is 2.18. The van der Waals surface area contributed by atoms with E-state index < -0.39 is 0 Å². The number of oxazole rings is 1. The fourth-order valence-corrected chi connectivity index (χ4v) is 6.36. The predicted octanol–water partition coefficient (Wildman–Crippen LogP) is 12.2. The molecule has 0 amide bonds. The van der Waals surface area contributed by atoms with Crippen LogP contribution in [0, 0.1) is 0 Å². The summed E-state index contributed by atoms with van der Waals surface area (Å²) in [6.45, 7) is 0. The molecule has 0 unspecified atom stereocenters. The Labute approximate surface area is 271 Å². The van der Waals surface area contributed by atoms with Crippen LogP contribution in [-0.4, -0.2) is 4.98 Å². The van der Waals surface area contributed by atoms with E-state index in [9.17, 15) is 0 Å². The number of hydrogen-bond donors (Lipinski definition) is 0. The highest BCUT2D eigenvalue weighted by Crippen LogP contribution is 2.40. The van der Waals surface area contributed by atoms with Crippen LogP contribution in [0.5, 0.6) is 0 Å². The number of anilines is 3. The lowest BCUT2D eigenvalue weighted by Crippen LogP contribution is -2.09. The lowest BCUT2D eigenvalue weighted by atomic mass is 10.00. The summed E-state index contributed by atoms with van der Waals surface area (Å²) in [5.41, 5.74) is 11.9. The zero-order chi connectivity index (χ0) is 31.2. The molecular formula is C43H28N2O2. The molecule has 9 rings (SSSR count). The van der Waals surface area contributed by atoms with Crippen molar-refractivity contribution in [1.82, 2.24) is 4.98 Å². The molecule has 0 radical (unpaired) electrons. The molecule has 2 heterocycles. The second-order valence-electron chi connectivity index (χ2n) is 11.6. The second kappa shape index (κ2) is 11.2.